The Morgan fingerprint density at radius 1 is 0.885 bits per heavy atom. The van der Waals surface area contributed by atoms with Crippen molar-refractivity contribution in [3.05, 3.63) is 72.7 Å². The van der Waals surface area contributed by atoms with Gasteiger partial charge in [-0.3, -0.25) is 0 Å². The van der Waals surface area contributed by atoms with E-state index in [1.807, 2.05) is 30.5 Å². The van der Waals surface area contributed by atoms with E-state index in [0.29, 0.717) is 22.9 Å². The Kier molecular flexibility index (Phi) is 3.84. The number of rotatable bonds is 3. The van der Waals surface area contributed by atoms with Gasteiger partial charge in [-0.05, 0) is 35.7 Å². The molecule has 0 fully saturated rings. The molecular formula is C19H12F3N3O. The maximum atomic E-state index is 12.7. The summed E-state index contributed by atoms with van der Waals surface area (Å²) in [5, 5.41) is 1.06. The molecule has 130 valence electrons. The second-order valence-corrected chi connectivity index (χ2v) is 5.65. The minimum absolute atomic E-state index is 0.306. The molecule has 0 saturated heterocycles. The lowest BCUT2D eigenvalue weighted by Crippen LogP contribution is -2.04. The molecular weight excluding hydrogens is 343 g/mol. The summed E-state index contributed by atoms with van der Waals surface area (Å²) in [5.41, 5.74) is 1.25. The standard InChI is InChI=1S/C19H12F3N3O/c20-19(21,22)14-4-1-12(2-5-14)17-10-18(25-11-24-17)26-15-6-3-13-7-8-23-16(13)9-15/h1-11,23H. The van der Waals surface area contributed by atoms with E-state index >= 15 is 0 Å². The van der Waals surface area contributed by atoms with Crippen LogP contribution in [0.15, 0.2) is 67.1 Å². The number of fused-ring (bicyclic) bond motifs is 1. The molecule has 1 N–H and O–H groups in total. The molecule has 4 aromatic rings. The number of H-pyrrole nitrogens is 1. The van der Waals surface area contributed by atoms with Crippen LogP contribution in [0.5, 0.6) is 11.6 Å². The summed E-state index contributed by atoms with van der Waals surface area (Å²) in [5.74, 6) is 0.901. The molecule has 0 radical (unpaired) electrons. The molecule has 4 nitrogen and oxygen atoms in total. The van der Waals surface area contributed by atoms with Crippen LogP contribution in [0, 0.1) is 0 Å². The summed E-state index contributed by atoms with van der Waals surface area (Å²) in [6.45, 7) is 0. The zero-order valence-electron chi connectivity index (χ0n) is 13.3. The zero-order valence-corrected chi connectivity index (χ0v) is 13.3. The van der Waals surface area contributed by atoms with Gasteiger partial charge >= 0.3 is 6.18 Å². The molecule has 0 aliphatic heterocycles. The van der Waals surface area contributed by atoms with Crippen molar-refractivity contribution in [3.63, 3.8) is 0 Å². The lowest BCUT2D eigenvalue weighted by atomic mass is 10.1. The van der Waals surface area contributed by atoms with E-state index in [0.717, 1.165) is 23.0 Å². The SMILES string of the molecule is FC(F)(F)c1ccc(-c2cc(Oc3ccc4cc[nH]c4c3)ncn2)cc1. The fraction of sp³-hybridized carbons (Fsp3) is 0.0526. The second-order valence-electron chi connectivity index (χ2n) is 5.65. The van der Waals surface area contributed by atoms with Gasteiger partial charge in [0, 0.05) is 29.4 Å². The van der Waals surface area contributed by atoms with Crippen molar-refractivity contribution in [2.75, 3.05) is 0 Å². The average Bonchev–Trinajstić information content (AvgIpc) is 3.09. The Morgan fingerprint density at radius 3 is 2.46 bits per heavy atom. The molecule has 2 aromatic heterocycles. The zero-order chi connectivity index (χ0) is 18.1. The first-order chi connectivity index (χ1) is 12.5. The van der Waals surface area contributed by atoms with Crippen LogP contribution in [0.2, 0.25) is 0 Å². The minimum atomic E-state index is -4.37. The van der Waals surface area contributed by atoms with Crippen LogP contribution in [0.3, 0.4) is 0 Å². The number of aromatic amines is 1. The van der Waals surface area contributed by atoms with Gasteiger partial charge in [0.05, 0.1) is 11.3 Å². The molecule has 0 unspecified atom stereocenters. The van der Waals surface area contributed by atoms with Crippen LogP contribution in [0.4, 0.5) is 13.2 Å². The average molecular weight is 355 g/mol. The largest absolute Gasteiger partial charge is 0.439 e. The summed E-state index contributed by atoms with van der Waals surface area (Å²) in [6.07, 6.45) is -1.22. The highest BCUT2D eigenvalue weighted by Crippen LogP contribution is 2.31. The summed E-state index contributed by atoms with van der Waals surface area (Å²) >= 11 is 0. The molecule has 0 aliphatic carbocycles. The van der Waals surface area contributed by atoms with Crippen molar-refractivity contribution in [1.82, 2.24) is 15.0 Å². The second kappa shape index (κ2) is 6.18. The molecule has 0 amide bonds. The van der Waals surface area contributed by atoms with Gasteiger partial charge < -0.3 is 9.72 Å². The van der Waals surface area contributed by atoms with Crippen molar-refractivity contribution in [2.45, 2.75) is 6.18 Å². The Balaban J connectivity index is 1.60. The highest BCUT2D eigenvalue weighted by Gasteiger charge is 2.30. The van der Waals surface area contributed by atoms with Gasteiger partial charge in [0.1, 0.15) is 12.1 Å². The van der Waals surface area contributed by atoms with Crippen LogP contribution in [0.1, 0.15) is 5.56 Å². The highest BCUT2D eigenvalue weighted by atomic mass is 19.4. The lowest BCUT2D eigenvalue weighted by molar-refractivity contribution is -0.137. The van der Waals surface area contributed by atoms with Crippen molar-refractivity contribution in [3.8, 4) is 22.9 Å². The maximum Gasteiger partial charge on any atom is 0.416 e. The van der Waals surface area contributed by atoms with Crippen molar-refractivity contribution >= 4 is 10.9 Å². The molecule has 26 heavy (non-hydrogen) atoms. The molecule has 2 heterocycles. The predicted octanol–water partition coefficient (Wildman–Crippen LogP) is 5.44. The fourth-order valence-corrected chi connectivity index (χ4v) is 2.59. The number of ether oxygens (including phenoxy) is 1. The van der Waals surface area contributed by atoms with Crippen molar-refractivity contribution < 1.29 is 17.9 Å². The first-order valence-corrected chi connectivity index (χ1v) is 7.74. The third kappa shape index (κ3) is 3.23. The summed E-state index contributed by atoms with van der Waals surface area (Å²) in [7, 11) is 0. The quantitative estimate of drug-likeness (QED) is 0.533. The van der Waals surface area contributed by atoms with Gasteiger partial charge in [0.2, 0.25) is 5.88 Å². The third-order valence-electron chi connectivity index (χ3n) is 3.90. The molecule has 0 spiro atoms. The number of hydrogen-bond acceptors (Lipinski definition) is 3. The number of hydrogen-bond donors (Lipinski definition) is 1. The molecule has 7 heteroatoms. The van der Waals surface area contributed by atoms with E-state index < -0.39 is 11.7 Å². The summed E-state index contributed by atoms with van der Waals surface area (Å²) < 4.78 is 43.7. The van der Waals surface area contributed by atoms with Gasteiger partial charge in [0.25, 0.3) is 0 Å². The number of halogens is 3. The van der Waals surface area contributed by atoms with Crippen LogP contribution in [0.25, 0.3) is 22.2 Å². The first kappa shape index (κ1) is 16.1. The smallest absolute Gasteiger partial charge is 0.416 e. The summed E-state index contributed by atoms with van der Waals surface area (Å²) in [4.78, 5) is 11.3. The number of aromatic nitrogens is 3. The Bertz CT molecular complexity index is 1060. The van der Waals surface area contributed by atoms with Crippen molar-refractivity contribution in [1.29, 1.82) is 0 Å². The Hall–Kier alpha value is -3.35. The van der Waals surface area contributed by atoms with Crippen LogP contribution in [-0.2, 0) is 6.18 Å². The third-order valence-corrected chi connectivity index (χ3v) is 3.90. The first-order valence-electron chi connectivity index (χ1n) is 7.74. The van der Waals surface area contributed by atoms with Gasteiger partial charge in [-0.15, -0.1) is 0 Å². The van der Waals surface area contributed by atoms with Crippen LogP contribution in [-0.4, -0.2) is 15.0 Å². The number of benzene rings is 2. The lowest BCUT2D eigenvalue weighted by Gasteiger charge is -2.08. The molecule has 0 bridgehead atoms. The van der Waals surface area contributed by atoms with E-state index in [9.17, 15) is 13.2 Å². The number of nitrogens with zero attached hydrogens (tertiary/aromatic N) is 2. The molecule has 4 rings (SSSR count). The number of alkyl halides is 3. The van der Waals surface area contributed by atoms with Crippen LogP contribution >= 0.6 is 0 Å². The van der Waals surface area contributed by atoms with Gasteiger partial charge in [0.15, 0.2) is 0 Å². The normalized spacial score (nSPS) is 11.7. The van der Waals surface area contributed by atoms with Gasteiger partial charge in [-0.1, -0.05) is 12.1 Å². The van der Waals surface area contributed by atoms with E-state index in [2.05, 4.69) is 15.0 Å². The van der Waals surface area contributed by atoms with E-state index in [1.165, 1.54) is 18.5 Å². The monoisotopic (exact) mass is 355 g/mol. The van der Waals surface area contributed by atoms with Crippen LogP contribution < -0.4 is 4.74 Å². The fourth-order valence-electron chi connectivity index (χ4n) is 2.59. The Labute approximate surface area is 146 Å². The molecule has 0 aliphatic rings. The maximum absolute atomic E-state index is 12.7. The van der Waals surface area contributed by atoms with E-state index in [1.54, 1.807) is 6.07 Å². The Morgan fingerprint density at radius 2 is 1.69 bits per heavy atom. The molecule has 2 aromatic carbocycles. The van der Waals surface area contributed by atoms with Gasteiger partial charge in [-0.2, -0.15) is 13.2 Å². The molecule has 0 atom stereocenters. The van der Waals surface area contributed by atoms with Gasteiger partial charge in [-0.25, -0.2) is 9.97 Å². The highest BCUT2D eigenvalue weighted by molar-refractivity contribution is 5.80. The topological polar surface area (TPSA) is 50.8 Å². The predicted molar refractivity (Wildman–Crippen MR) is 90.8 cm³/mol. The van der Waals surface area contributed by atoms with E-state index in [4.69, 9.17) is 4.74 Å². The van der Waals surface area contributed by atoms with Crippen molar-refractivity contribution in [2.24, 2.45) is 0 Å². The number of nitrogens with one attached hydrogen (secondary N) is 1. The van der Waals surface area contributed by atoms with E-state index in [-0.39, 0.29) is 0 Å². The molecule has 0 saturated carbocycles. The minimum Gasteiger partial charge on any atom is -0.439 e. The summed E-state index contributed by atoms with van der Waals surface area (Å²) in [6, 6.07) is 13.9.